The van der Waals surface area contributed by atoms with Gasteiger partial charge in [0.2, 0.25) is 0 Å². The molecule has 0 bridgehead atoms. The van der Waals surface area contributed by atoms with Crippen molar-refractivity contribution in [3.8, 4) is 0 Å². The van der Waals surface area contributed by atoms with Gasteiger partial charge in [0, 0.05) is 12.8 Å². The predicted octanol–water partition coefficient (Wildman–Crippen LogP) is 12.9. The summed E-state index contributed by atoms with van der Waals surface area (Å²) in [5.74, 6) is -0.649. The molecule has 362 valence electrons. The molecular weight excluding hydrogens is 769 g/mol. The number of rotatable bonds is 45. The number of carbonyl (C=O) groups is 2. The molecule has 1 saturated heterocycles. The lowest BCUT2D eigenvalue weighted by molar-refractivity contribution is -0.231. The molecule has 0 unspecified atom stereocenters. The SMILES string of the molecule is CCCCCCCCCCCCCCCCCCCCC(=O)OC[C@H](CC[C@@H]1O[C@H](CO)[C@@H](O)[C@H](O)[C@H]1O)OC(=O)CCCCCCCCCCCCCCCCCCCC. The Morgan fingerprint density at radius 3 is 1.10 bits per heavy atom. The van der Waals surface area contributed by atoms with Crippen molar-refractivity contribution in [2.24, 2.45) is 0 Å². The van der Waals surface area contributed by atoms with Gasteiger partial charge in [-0.05, 0) is 25.7 Å². The van der Waals surface area contributed by atoms with Crippen LogP contribution in [0.2, 0.25) is 0 Å². The second-order valence-electron chi connectivity index (χ2n) is 18.8. The second kappa shape index (κ2) is 42.7. The van der Waals surface area contributed by atoms with Gasteiger partial charge in [0.1, 0.15) is 37.1 Å². The Balaban J connectivity index is 2.23. The maximum Gasteiger partial charge on any atom is 0.306 e. The van der Waals surface area contributed by atoms with E-state index in [1.807, 2.05) is 0 Å². The van der Waals surface area contributed by atoms with E-state index < -0.39 is 43.2 Å². The molecule has 9 heteroatoms. The van der Waals surface area contributed by atoms with E-state index in [9.17, 15) is 30.0 Å². The molecule has 1 heterocycles. The number of unbranched alkanes of at least 4 members (excludes halogenated alkanes) is 34. The van der Waals surface area contributed by atoms with Crippen LogP contribution >= 0.6 is 0 Å². The average Bonchev–Trinajstić information content (AvgIpc) is 3.26. The highest BCUT2D eigenvalue weighted by atomic mass is 16.6. The largest absolute Gasteiger partial charge is 0.462 e. The zero-order chi connectivity index (χ0) is 44.4. The van der Waals surface area contributed by atoms with E-state index in [0.717, 1.165) is 38.5 Å². The molecule has 0 amide bonds. The van der Waals surface area contributed by atoms with Gasteiger partial charge in [-0.1, -0.05) is 232 Å². The fourth-order valence-corrected chi connectivity index (χ4v) is 8.79. The Morgan fingerprint density at radius 1 is 0.443 bits per heavy atom. The third kappa shape index (κ3) is 33.9. The Kier molecular flexibility index (Phi) is 40.4. The highest BCUT2D eigenvalue weighted by Gasteiger charge is 2.43. The van der Waals surface area contributed by atoms with Crippen LogP contribution in [0.5, 0.6) is 0 Å². The van der Waals surface area contributed by atoms with E-state index in [4.69, 9.17) is 14.2 Å². The minimum absolute atomic E-state index is 0.0832. The zero-order valence-corrected chi connectivity index (χ0v) is 40.0. The monoisotopic (exact) mass is 869 g/mol. The summed E-state index contributed by atoms with van der Waals surface area (Å²) < 4.78 is 17.0. The topological polar surface area (TPSA) is 143 Å². The summed E-state index contributed by atoms with van der Waals surface area (Å²) in [7, 11) is 0. The van der Waals surface area contributed by atoms with E-state index in [1.165, 1.54) is 193 Å². The maximum absolute atomic E-state index is 12.9. The van der Waals surface area contributed by atoms with Crippen molar-refractivity contribution in [2.75, 3.05) is 13.2 Å². The Labute approximate surface area is 375 Å². The third-order valence-electron chi connectivity index (χ3n) is 13.0. The van der Waals surface area contributed by atoms with Crippen LogP contribution < -0.4 is 0 Å². The molecule has 1 aliphatic heterocycles. The van der Waals surface area contributed by atoms with E-state index in [2.05, 4.69) is 13.8 Å². The van der Waals surface area contributed by atoms with E-state index >= 15 is 0 Å². The van der Waals surface area contributed by atoms with E-state index in [0.29, 0.717) is 12.8 Å². The number of ether oxygens (including phenoxy) is 3. The van der Waals surface area contributed by atoms with Crippen LogP contribution in [0.4, 0.5) is 0 Å². The number of hydrogen-bond donors (Lipinski definition) is 4. The summed E-state index contributed by atoms with van der Waals surface area (Å²) in [5, 5.41) is 40.5. The molecule has 0 saturated carbocycles. The van der Waals surface area contributed by atoms with Crippen LogP contribution in [0.25, 0.3) is 0 Å². The summed E-state index contributed by atoms with van der Waals surface area (Å²) >= 11 is 0. The molecule has 0 aromatic carbocycles. The van der Waals surface area contributed by atoms with Crippen LogP contribution in [0.15, 0.2) is 0 Å². The number of carbonyl (C=O) groups excluding carboxylic acids is 2. The first-order chi connectivity index (χ1) is 29.8. The molecule has 0 aromatic heterocycles. The van der Waals surface area contributed by atoms with Gasteiger partial charge < -0.3 is 34.6 Å². The minimum Gasteiger partial charge on any atom is -0.462 e. The van der Waals surface area contributed by atoms with Crippen molar-refractivity contribution in [3.63, 3.8) is 0 Å². The molecule has 0 aromatic rings. The van der Waals surface area contributed by atoms with Crippen molar-refractivity contribution in [1.29, 1.82) is 0 Å². The molecule has 4 N–H and O–H groups in total. The molecule has 6 atom stereocenters. The lowest BCUT2D eigenvalue weighted by Crippen LogP contribution is -2.58. The quantitative estimate of drug-likeness (QED) is 0.0347. The number of aliphatic hydroxyl groups is 4. The molecular formula is C52H100O9. The lowest BCUT2D eigenvalue weighted by atomic mass is 9.92. The first kappa shape index (κ1) is 57.8. The van der Waals surface area contributed by atoms with E-state index in [1.54, 1.807) is 0 Å². The highest BCUT2D eigenvalue weighted by Crippen LogP contribution is 2.25. The van der Waals surface area contributed by atoms with E-state index in [-0.39, 0.29) is 31.4 Å². The lowest BCUT2D eigenvalue weighted by Gasteiger charge is -2.40. The van der Waals surface area contributed by atoms with Gasteiger partial charge in [0.05, 0.1) is 12.7 Å². The normalized spacial score (nSPS) is 19.6. The Morgan fingerprint density at radius 2 is 0.754 bits per heavy atom. The third-order valence-corrected chi connectivity index (χ3v) is 13.0. The molecule has 0 aliphatic carbocycles. The zero-order valence-electron chi connectivity index (χ0n) is 40.0. The van der Waals surface area contributed by atoms with Crippen molar-refractivity contribution >= 4 is 11.9 Å². The fourth-order valence-electron chi connectivity index (χ4n) is 8.79. The average molecular weight is 869 g/mol. The van der Waals surface area contributed by atoms with Crippen LogP contribution in [0, 0.1) is 0 Å². The van der Waals surface area contributed by atoms with Crippen molar-refractivity contribution < 1.29 is 44.2 Å². The van der Waals surface area contributed by atoms with Crippen molar-refractivity contribution in [2.45, 2.75) is 307 Å². The second-order valence-corrected chi connectivity index (χ2v) is 18.8. The summed E-state index contributed by atoms with van der Waals surface area (Å²) in [5.41, 5.74) is 0. The molecule has 0 spiro atoms. The van der Waals surface area contributed by atoms with Gasteiger partial charge in [0.15, 0.2) is 0 Å². The van der Waals surface area contributed by atoms with Gasteiger partial charge in [-0.3, -0.25) is 9.59 Å². The predicted molar refractivity (Wildman–Crippen MR) is 251 cm³/mol. The number of esters is 2. The molecule has 1 rings (SSSR count). The number of hydrogen-bond acceptors (Lipinski definition) is 9. The standard InChI is InChI=1S/C52H100O9/c1-3-5-7-9-11-13-15-17-19-21-23-25-27-29-31-33-35-37-39-48(54)59-44-45(41-42-46-50(56)52(58)51(57)47(43-53)61-46)60-49(55)40-38-36-34-32-30-28-26-24-22-20-18-16-14-12-10-8-6-4-2/h45-47,50-53,56-58H,3-44H2,1-2H3/t45-,46-,47+,50-,51+,52+/m0/s1. The summed E-state index contributed by atoms with van der Waals surface area (Å²) in [4.78, 5) is 25.5. The Bertz CT molecular complexity index is 961. The molecule has 61 heavy (non-hydrogen) atoms. The first-order valence-corrected chi connectivity index (χ1v) is 26.5. The first-order valence-electron chi connectivity index (χ1n) is 26.5. The van der Waals surface area contributed by atoms with Crippen LogP contribution in [-0.2, 0) is 23.8 Å². The van der Waals surface area contributed by atoms with Crippen LogP contribution in [0.1, 0.15) is 271 Å². The van der Waals surface area contributed by atoms with Crippen molar-refractivity contribution in [1.82, 2.24) is 0 Å². The smallest absolute Gasteiger partial charge is 0.306 e. The van der Waals surface area contributed by atoms with Crippen LogP contribution in [-0.4, -0.2) is 82.2 Å². The van der Waals surface area contributed by atoms with Gasteiger partial charge in [-0.25, -0.2) is 0 Å². The molecule has 1 fully saturated rings. The molecule has 9 nitrogen and oxygen atoms in total. The summed E-state index contributed by atoms with van der Waals surface area (Å²) in [6, 6.07) is 0. The molecule has 0 radical (unpaired) electrons. The maximum atomic E-state index is 12.9. The molecule has 1 aliphatic rings. The fraction of sp³-hybridized carbons (Fsp3) is 0.962. The summed E-state index contributed by atoms with van der Waals surface area (Å²) in [6.45, 7) is 3.96. The van der Waals surface area contributed by atoms with Gasteiger partial charge in [0.25, 0.3) is 0 Å². The van der Waals surface area contributed by atoms with Crippen molar-refractivity contribution in [3.05, 3.63) is 0 Å². The summed E-state index contributed by atoms with van der Waals surface area (Å²) in [6.07, 6.45) is 40.4. The van der Waals surface area contributed by atoms with Gasteiger partial charge in [-0.2, -0.15) is 0 Å². The van der Waals surface area contributed by atoms with Gasteiger partial charge in [-0.15, -0.1) is 0 Å². The highest BCUT2D eigenvalue weighted by molar-refractivity contribution is 5.70. The number of aliphatic hydroxyl groups excluding tert-OH is 4. The van der Waals surface area contributed by atoms with Crippen LogP contribution in [0.3, 0.4) is 0 Å². The Hall–Kier alpha value is -1.26. The van der Waals surface area contributed by atoms with Gasteiger partial charge >= 0.3 is 11.9 Å². The minimum atomic E-state index is -1.46.